The fourth-order valence-corrected chi connectivity index (χ4v) is 2.55. The molecule has 1 aliphatic heterocycles. The summed E-state index contributed by atoms with van der Waals surface area (Å²) in [6.07, 6.45) is 2.70. The average molecular weight is 300 g/mol. The summed E-state index contributed by atoms with van der Waals surface area (Å²) in [5.41, 5.74) is 0. The molecule has 2 N–H and O–H groups in total. The molecule has 2 atom stereocenters. The van der Waals surface area contributed by atoms with Crippen LogP contribution in [0.25, 0.3) is 0 Å². The zero-order valence-electron chi connectivity index (χ0n) is 13.3. The summed E-state index contributed by atoms with van der Waals surface area (Å²) >= 11 is 0. The first-order chi connectivity index (χ1) is 9.93. The van der Waals surface area contributed by atoms with E-state index in [4.69, 9.17) is 4.74 Å². The Balaban J connectivity index is 2.31. The number of likely N-dealkylation sites (tertiary alicyclic amines) is 1. The number of carboxylic acids is 1. The first kappa shape index (κ1) is 17.8. The number of nitrogens with zero attached hydrogens (tertiary/aromatic N) is 1. The number of carboxylic acid groups (broad SMARTS) is 1. The van der Waals surface area contributed by atoms with Gasteiger partial charge in [0, 0.05) is 19.7 Å². The Bertz CT molecular complexity index is 347. The lowest BCUT2D eigenvalue weighted by atomic mass is 9.91. The summed E-state index contributed by atoms with van der Waals surface area (Å²) < 4.78 is 5.43. The monoisotopic (exact) mass is 300 g/mol. The molecule has 2 unspecified atom stereocenters. The van der Waals surface area contributed by atoms with Gasteiger partial charge in [0.05, 0.1) is 6.61 Å². The van der Waals surface area contributed by atoms with Crippen LogP contribution < -0.4 is 5.32 Å². The largest absolute Gasteiger partial charge is 0.480 e. The number of amides is 2. The summed E-state index contributed by atoms with van der Waals surface area (Å²) in [5.74, 6) is -0.333. The topological polar surface area (TPSA) is 78.9 Å². The number of carbonyl (C=O) groups excluding carboxylic acids is 1. The molecule has 0 spiro atoms. The van der Waals surface area contributed by atoms with E-state index >= 15 is 0 Å². The predicted octanol–water partition coefficient (Wildman–Crippen LogP) is 1.94. The molecular weight excluding hydrogens is 272 g/mol. The second kappa shape index (κ2) is 8.87. The van der Waals surface area contributed by atoms with Gasteiger partial charge in [0.1, 0.15) is 6.04 Å². The SMILES string of the molecule is CC(C)CCOCCNC(=O)N1CCCC(C)C1C(=O)O. The fraction of sp³-hybridized carbons (Fsp3) is 0.867. The molecule has 1 heterocycles. The molecular formula is C15H28N2O4. The lowest BCUT2D eigenvalue weighted by molar-refractivity contribution is -0.145. The lowest BCUT2D eigenvalue weighted by Crippen LogP contribution is -2.55. The third kappa shape index (κ3) is 5.91. The van der Waals surface area contributed by atoms with Crippen molar-refractivity contribution in [2.24, 2.45) is 11.8 Å². The highest BCUT2D eigenvalue weighted by molar-refractivity contribution is 5.83. The molecule has 1 saturated heterocycles. The molecule has 6 heteroatoms. The van der Waals surface area contributed by atoms with E-state index in [-0.39, 0.29) is 11.9 Å². The Morgan fingerprint density at radius 2 is 2.10 bits per heavy atom. The average Bonchev–Trinajstić information content (AvgIpc) is 2.41. The molecule has 1 fully saturated rings. The van der Waals surface area contributed by atoms with Gasteiger partial charge in [0.25, 0.3) is 0 Å². The van der Waals surface area contributed by atoms with E-state index in [0.717, 1.165) is 19.3 Å². The number of nitrogens with one attached hydrogen (secondary N) is 1. The summed E-state index contributed by atoms with van der Waals surface area (Å²) in [6, 6.07) is -1.03. The van der Waals surface area contributed by atoms with Gasteiger partial charge in [0.2, 0.25) is 0 Å². The Hall–Kier alpha value is -1.30. The van der Waals surface area contributed by atoms with Gasteiger partial charge in [-0.3, -0.25) is 0 Å². The molecule has 0 radical (unpaired) electrons. The van der Waals surface area contributed by atoms with Gasteiger partial charge in [-0.1, -0.05) is 20.8 Å². The van der Waals surface area contributed by atoms with E-state index in [1.807, 2.05) is 6.92 Å². The number of piperidine rings is 1. The molecule has 0 aliphatic carbocycles. The van der Waals surface area contributed by atoms with Gasteiger partial charge in [0.15, 0.2) is 0 Å². The van der Waals surface area contributed by atoms with E-state index in [2.05, 4.69) is 19.2 Å². The van der Waals surface area contributed by atoms with E-state index < -0.39 is 12.0 Å². The van der Waals surface area contributed by atoms with E-state index in [9.17, 15) is 14.7 Å². The van der Waals surface area contributed by atoms with Gasteiger partial charge in [-0.15, -0.1) is 0 Å². The molecule has 2 amide bonds. The molecule has 21 heavy (non-hydrogen) atoms. The molecule has 0 aromatic carbocycles. The van der Waals surface area contributed by atoms with Gasteiger partial charge in [-0.2, -0.15) is 0 Å². The Morgan fingerprint density at radius 1 is 1.38 bits per heavy atom. The van der Waals surface area contributed by atoms with Crippen molar-refractivity contribution in [3.8, 4) is 0 Å². The summed E-state index contributed by atoms with van der Waals surface area (Å²) in [7, 11) is 0. The summed E-state index contributed by atoms with van der Waals surface area (Å²) in [5, 5.41) is 12.0. The quantitative estimate of drug-likeness (QED) is 0.704. The van der Waals surface area contributed by atoms with Crippen LogP contribution in [0.4, 0.5) is 4.79 Å². The van der Waals surface area contributed by atoms with Crippen LogP contribution in [0.5, 0.6) is 0 Å². The molecule has 122 valence electrons. The van der Waals surface area contributed by atoms with Crippen molar-refractivity contribution in [1.82, 2.24) is 10.2 Å². The third-order valence-corrected chi connectivity index (χ3v) is 3.81. The highest BCUT2D eigenvalue weighted by Crippen LogP contribution is 2.23. The van der Waals surface area contributed by atoms with E-state index in [0.29, 0.717) is 32.2 Å². The van der Waals surface area contributed by atoms with Crippen molar-refractivity contribution < 1.29 is 19.4 Å². The van der Waals surface area contributed by atoms with E-state index in [1.54, 1.807) is 0 Å². The van der Waals surface area contributed by atoms with Crippen LogP contribution in [-0.2, 0) is 9.53 Å². The van der Waals surface area contributed by atoms with Gasteiger partial charge >= 0.3 is 12.0 Å². The number of hydrogen-bond donors (Lipinski definition) is 2. The molecule has 6 nitrogen and oxygen atoms in total. The predicted molar refractivity (Wildman–Crippen MR) is 80.2 cm³/mol. The standard InChI is InChI=1S/C15H28N2O4/c1-11(2)6-9-21-10-7-16-15(20)17-8-4-5-12(3)13(17)14(18)19/h11-13H,4-10H2,1-3H3,(H,16,20)(H,18,19). The molecule has 0 saturated carbocycles. The minimum absolute atomic E-state index is 0.00991. The summed E-state index contributed by atoms with van der Waals surface area (Å²) in [6.45, 7) is 8.21. The first-order valence-electron chi connectivity index (χ1n) is 7.78. The fourth-order valence-electron chi connectivity index (χ4n) is 2.55. The molecule has 1 rings (SSSR count). The van der Waals surface area contributed by atoms with Crippen molar-refractivity contribution >= 4 is 12.0 Å². The highest BCUT2D eigenvalue weighted by atomic mass is 16.5. The number of aliphatic carboxylic acids is 1. The molecule has 0 aromatic heterocycles. The van der Waals surface area contributed by atoms with Crippen LogP contribution >= 0.6 is 0 Å². The van der Waals surface area contributed by atoms with Crippen LogP contribution in [-0.4, -0.2) is 54.4 Å². The van der Waals surface area contributed by atoms with E-state index in [1.165, 1.54) is 4.90 Å². The van der Waals surface area contributed by atoms with Gasteiger partial charge in [-0.05, 0) is 31.1 Å². The second-order valence-corrected chi connectivity index (χ2v) is 6.12. The molecule has 0 aromatic rings. The van der Waals surface area contributed by atoms with Crippen molar-refractivity contribution in [1.29, 1.82) is 0 Å². The molecule has 1 aliphatic rings. The maximum atomic E-state index is 12.1. The number of carbonyl (C=O) groups is 2. The Kier molecular flexibility index (Phi) is 7.50. The first-order valence-corrected chi connectivity index (χ1v) is 7.78. The minimum atomic E-state index is -0.925. The number of urea groups is 1. The zero-order valence-corrected chi connectivity index (χ0v) is 13.3. The van der Waals surface area contributed by atoms with Gasteiger partial charge in [-0.25, -0.2) is 9.59 Å². The van der Waals surface area contributed by atoms with Crippen molar-refractivity contribution in [3.05, 3.63) is 0 Å². The Labute approximate surface area is 126 Å². The van der Waals surface area contributed by atoms with Gasteiger partial charge < -0.3 is 20.1 Å². The minimum Gasteiger partial charge on any atom is -0.480 e. The number of rotatable bonds is 7. The smallest absolute Gasteiger partial charge is 0.326 e. The lowest BCUT2D eigenvalue weighted by Gasteiger charge is -2.37. The van der Waals surface area contributed by atoms with Crippen LogP contribution in [0.3, 0.4) is 0 Å². The molecule has 0 bridgehead atoms. The maximum absolute atomic E-state index is 12.1. The number of ether oxygens (including phenoxy) is 1. The van der Waals surface area contributed by atoms with Crippen LogP contribution in [0, 0.1) is 11.8 Å². The zero-order chi connectivity index (χ0) is 15.8. The highest BCUT2D eigenvalue weighted by Gasteiger charge is 2.36. The normalized spacial score (nSPS) is 22.4. The van der Waals surface area contributed by atoms with Crippen LogP contribution in [0.15, 0.2) is 0 Å². The maximum Gasteiger partial charge on any atom is 0.326 e. The Morgan fingerprint density at radius 3 is 2.71 bits per heavy atom. The van der Waals surface area contributed by atoms with Crippen LogP contribution in [0.1, 0.15) is 40.0 Å². The van der Waals surface area contributed by atoms with Crippen molar-refractivity contribution in [2.75, 3.05) is 26.3 Å². The van der Waals surface area contributed by atoms with Crippen LogP contribution in [0.2, 0.25) is 0 Å². The van der Waals surface area contributed by atoms with Crippen molar-refractivity contribution in [2.45, 2.75) is 46.1 Å². The van der Waals surface area contributed by atoms with Crippen molar-refractivity contribution in [3.63, 3.8) is 0 Å². The third-order valence-electron chi connectivity index (χ3n) is 3.81. The number of hydrogen-bond acceptors (Lipinski definition) is 3. The summed E-state index contributed by atoms with van der Waals surface area (Å²) in [4.78, 5) is 24.8. The second-order valence-electron chi connectivity index (χ2n) is 6.12.